The summed E-state index contributed by atoms with van der Waals surface area (Å²) in [6.45, 7) is 6.31. The minimum atomic E-state index is -0.583. The van der Waals surface area contributed by atoms with Crippen LogP contribution in [0.15, 0.2) is 96.8 Å². The Kier molecular flexibility index (Phi) is 6.95. The summed E-state index contributed by atoms with van der Waals surface area (Å²) in [6.07, 6.45) is 6.31. The second-order valence-electron chi connectivity index (χ2n) is 7.51. The maximum Gasteiger partial charge on any atom is 0.267 e. The largest absolute Gasteiger partial charge is 0.319 e. The minimum absolute atomic E-state index is 0.583. The van der Waals surface area contributed by atoms with Gasteiger partial charge in [-0.15, -0.1) is 0 Å². The number of nitrogens with one attached hydrogen (secondary N) is 1. The molecular formula is C27H25N5O2. The van der Waals surface area contributed by atoms with Gasteiger partial charge < -0.3 is 4.57 Å². The van der Waals surface area contributed by atoms with Crippen molar-refractivity contribution in [3.63, 3.8) is 0 Å². The molecule has 0 atom stereocenters. The summed E-state index contributed by atoms with van der Waals surface area (Å²) in [6, 6.07) is 24.0. The SMILES string of the molecule is C=CN(/N=C\C)c1ccc(Cn2c(-c3cccc(/C=C/C(=O)NO)c3)nc3ccccc32)cc1. The van der Waals surface area contributed by atoms with Crippen molar-refractivity contribution in [3.05, 3.63) is 103 Å². The molecule has 7 nitrogen and oxygen atoms in total. The molecular weight excluding hydrogens is 426 g/mol. The maximum absolute atomic E-state index is 11.4. The molecule has 2 N–H and O–H groups in total. The van der Waals surface area contributed by atoms with E-state index in [0.717, 1.165) is 39.2 Å². The van der Waals surface area contributed by atoms with Crippen LogP contribution in [0.3, 0.4) is 0 Å². The summed E-state index contributed by atoms with van der Waals surface area (Å²) >= 11 is 0. The number of carbonyl (C=O) groups is 1. The summed E-state index contributed by atoms with van der Waals surface area (Å²) in [5.74, 6) is 0.246. The number of imidazole rings is 1. The van der Waals surface area contributed by atoms with Gasteiger partial charge in [-0.05, 0) is 54.5 Å². The lowest BCUT2D eigenvalue weighted by Gasteiger charge is -2.15. The molecule has 1 amide bonds. The van der Waals surface area contributed by atoms with E-state index < -0.39 is 5.91 Å². The standard InChI is InChI=1S/C27H25N5O2/c1-3-28-32(4-2)23-15-12-21(13-16-23)19-31-25-11-6-5-10-24(25)29-27(31)22-9-7-8-20(18-22)14-17-26(33)30-34/h3-18,34H,2,19H2,1H3,(H,30,33)/b17-14+,28-3-. The molecule has 0 bridgehead atoms. The first-order valence-electron chi connectivity index (χ1n) is 10.8. The molecule has 1 heterocycles. The Balaban J connectivity index is 1.71. The van der Waals surface area contributed by atoms with Crippen LogP contribution in [0, 0.1) is 0 Å². The Bertz CT molecular complexity index is 1370. The number of rotatable bonds is 8. The molecule has 4 aromatic rings. The number of nitrogens with zero attached hydrogens (tertiary/aromatic N) is 4. The van der Waals surface area contributed by atoms with Crippen molar-refractivity contribution >= 4 is 34.9 Å². The van der Waals surface area contributed by atoms with Gasteiger partial charge in [0.25, 0.3) is 5.91 Å². The fraction of sp³-hybridized carbons (Fsp3) is 0.0741. The zero-order chi connectivity index (χ0) is 23.9. The zero-order valence-corrected chi connectivity index (χ0v) is 18.8. The van der Waals surface area contributed by atoms with Crippen LogP contribution in [-0.2, 0) is 11.3 Å². The van der Waals surface area contributed by atoms with Crippen molar-refractivity contribution in [2.24, 2.45) is 5.10 Å². The van der Waals surface area contributed by atoms with Crippen molar-refractivity contribution < 1.29 is 10.0 Å². The van der Waals surface area contributed by atoms with Gasteiger partial charge in [0.15, 0.2) is 0 Å². The molecule has 7 heteroatoms. The Labute approximate surface area is 197 Å². The number of anilines is 1. The first-order valence-corrected chi connectivity index (χ1v) is 10.8. The van der Waals surface area contributed by atoms with Gasteiger partial charge in [0.05, 0.1) is 16.7 Å². The van der Waals surface area contributed by atoms with Gasteiger partial charge in [-0.25, -0.2) is 15.5 Å². The highest BCUT2D eigenvalue weighted by atomic mass is 16.5. The first kappa shape index (κ1) is 22.7. The molecule has 0 unspecified atom stereocenters. The van der Waals surface area contributed by atoms with Crippen molar-refractivity contribution in [1.29, 1.82) is 0 Å². The zero-order valence-electron chi connectivity index (χ0n) is 18.8. The number of hydrogen-bond donors (Lipinski definition) is 2. The molecule has 0 aliphatic heterocycles. The third-order valence-electron chi connectivity index (χ3n) is 5.29. The van der Waals surface area contributed by atoms with E-state index in [1.54, 1.807) is 29.0 Å². The monoisotopic (exact) mass is 451 g/mol. The number of fused-ring (bicyclic) bond motifs is 1. The van der Waals surface area contributed by atoms with Gasteiger partial charge in [-0.1, -0.05) is 49.0 Å². The molecule has 0 fully saturated rings. The summed E-state index contributed by atoms with van der Waals surface area (Å²) in [5, 5.41) is 14.7. The lowest BCUT2D eigenvalue weighted by atomic mass is 10.1. The quantitative estimate of drug-likeness (QED) is 0.166. The molecule has 170 valence electrons. The molecule has 1 aromatic heterocycles. The summed E-state index contributed by atoms with van der Waals surface area (Å²) in [7, 11) is 0. The molecule has 0 saturated carbocycles. The van der Waals surface area contributed by atoms with Crippen molar-refractivity contribution in [2.75, 3.05) is 5.01 Å². The maximum atomic E-state index is 11.4. The van der Waals surface area contributed by atoms with E-state index in [1.807, 2.05) is 61.5 Å². The van der Waals surface area contributed by atoms with Crippen LogP contribution >= 0.6 is 0 Å². The lowest BCUT2D eigenvalue weighted by Crippen LogP contribution is -2.14. The van der Waals surface area contributed by atoms with E-state index in [1.165, 1.54) is 6.08 Å². The normalized spacial score (nSPS) is 11.4. The average Bonchev–Trinajstić information content (AvgIpc) is 3.25. The predicted molar refractivity (Wildman–Crippen MR) is 137 cm³/mol. The van der Waals surface area contributed by atoms with Gasteiger partial charge in [0.1, 0.15) is 5.82 Å². The highest BCUT2D eigenvalue weighted by Gasteiger charge is 2.13. The second kappa shape index (κ2) is 10.4. The molecule has 0 saturated heterocycles. The van der Waals surface area contributed by atoms with Crippen LogP contribution in [0.25, 0.3) is 28.5 Å². The minimum Gasteiger partial charge on any atom is -0.319 e. The predicted octanol–water partition coefficient (Wildman–Crippen LogP) is 5.23. The highest BCUT2D eigenvalue weighted by Crippen LogP contribution is 2.27. The van der Waals surface area contributed by atoms with Crippen LogP contribution < -0.4 is 10.5 Å². The van der Waals surface area contributed by atoms with Crippen molar-refractivity contribution in [1.82, 2.24) is 15.0 Å². The van der Waals surface area contributed by atoms with Crippen LogP contribution in [0.5, 0.6) is 0 Å². The number of aromatic nitrogens is 2. The fourth-order valence-corrected chi connectivity index (χ4v) is 3.73. The van der Waals surface area contributed by atoms with Gasteiger partial charge in [-0.2, -0.15) is 5.10 Å². The van der Waals surface area contributed by atoms with E-state index in [9.17, 15) is 4.79 Å². The molecule has 0 spiro atoms. The van der Waals surface area contributed by atoms with Crippen molar-refractivity contribution in [3.8, 4) is 11.4 Å². The molecule has 3 aromatic carbocycles. The van der Waals surface area contributed by atoms with Gasteiger partial charge in [-0.3, -0.25) is 10.0 Å². The number of hydrogen-bond acceptors (Lipinski definition) is 5. The van der Waals surface area contributed by atoms with Crippen molar-refractivity contribution in [2.45, 2.75) is 13.5 Å². The van der Waals surface area contributed by atoms with E-state index in [4.69, 9.17) is 10.2 Å². The Morgan fingerprint density at radius 1 is 1.15 bits per heavy atom. The highest BCUT2D eigenvalue weighted by molar-refractivity contribution is 5.91. The Hall–Kier alpha value is -4.49. The number of hydrazone groups is 1. The number of hydroxylamine groups is 1. The first-order chi connectivity index (χ1) is 16.6. The third kappa shape index (κ3) is 4.95. The van der Waals surface area contributed by atoms with Crippen LogP contribution in [0.2, 0.25) is 0 Å². The number of carbonyl (C=O) groups excluding carboxylic acids is 1. The average molecular weight is 452 g/mol. The van der Waals surface area contributed by atoms with E-state index in [-0.39, 0.29) is 0 Å². The Morgan fingerprint density at radius 2 is 1.94 bits per heavy atom. The smallest absolute Gasteiger partial charge is 0.267 e. The van der Waals surface area contributed by atoms with Gasteiger partial charge in [0, 0.05) is 30.6 Å². The Morgan fingerprint density at radius 3 is 2.68 bits per heavy atom. The van der Waals surface area contributed by atoms with E-state index in [2.05, 4.69) is 34.4 Å². The number of benzene rings is 3. The van der Waals surface area contributed by atoms with Crippen LogP contribution in [0.4, 0.5) is 5.69 Å². The topological polar surface area (TPSA) is 82.8 Å². The summed E-state index contributed by atoms with van der Waals surface area (Å²) < 4.78 is 2.18. The molecule has 0 aliphatic rings. The molecule has 34 heavy (non-hydrogen) atoms. The lowest BCUT2D eigenvalue weighted by molar-refractivity contribution is -0.124. The number of para-hydroxylation sites is 2. The van der Waals surface area contributed by atoms with Gasteiger partial charge in [0.2, 0.25) is 0 Å². The van der Waals surface area contributed by atoms with Crippen LogP contribution in [-0.4, -0.2) is 26.9 Å². The summed E-state index contributed by atoms with van der Waals surface area (Å²) in [4.78, 5) is 16.3. The third-order valence-corrected chi connectivity index (χ3v) is 5.29. The van der Waals surface area contributed by atoms with Gasteiger partial charge >= 0.3 is 0 Å². The molecule has 4 rings (SSSR count). The summed E-state index contributed by atoms with van der Waals surface area (Å²) in [5.41, 5.74) is 7.34. The molecule has 0 radical (unpaired) electrons. The van der Waals surface area contributed by atoms with E-state index in [0.29, 0.717) is 6.54 Å². The second-order valence-corrected chi connectivity index (χ2v) is 7.51. The number of amides is 1. The van der Waals surface area contributed by atoms with Crippen LogP contribution in [0.1, 0.15) is 18.1 Å². The fourth-order valence-electron chi connectivity index (χ4n) is 3.73. The molecule has 0 aliphatic carbocycles. The van der Waals surface area contributed by atoms with E-state index >= 15 is 0 Å².